The second-order valence-corrected chi connectivity index (χ2v) is 9.03. The first-order chi connectivity index (χ1) is 16.3. The number of nitrogens with zero attached hydrogens (tertiary/aromatic N) is 1. The molecule has 1 fully saturated rings. The smallest absolute Gasteiger partial charge is 0.300 e. The third-order valence-corrected chi connectivity index (χ3v) is 6.01. The lowest BCUT2D eigenvalue weighted by atomic mass is 9.95. The summed E-state index contributed by atoms with van der Waals surface area (Å²) in [4.78, 5) is 27.9. The van der Waals surface area contributed by atoms with Crippen molar-refractivity contribution in [3.05, 3.63) is 94.0 Å². The summed E-state index contributed by atoms with van der Waals surface area (Å²) in [5, 5.41) is 11.2. The molecule has 1 amide bonds. The fourth-order valence-corrected chi connectivity index (χ4v) is 4.19. The zero-order chi connectivity index (χ0) is 24.4. The molecule has 7 heteroatoms. The maximum absolute atomic E-state index is 13.2. The highest BCUT2D eigenvalue weighted by Crippen LogP contribution is 2.42. The Balaban J connectivity index is 1.86. The van der Waals surface area contributed by atoms with Crippen LogP contribution in [0.1, 0.15) is 31.0 Å². The van der Waals surface area contributed by atoms with Gasteiger partial charge in [0.2, 0.25) is 0 Å². The van der Waals surface area contributed by atoms with E-state index in [2.05, 4.69) is 15.9 Å². The van der Waals surface area contributed by atoms with Crippen LogP contribution in [0.5, 0.6) is 11.5 Å². The van der Waals surface area contributed by atoms with Crippen molar-refractivity contribution in [2.24, 2.45) is 0 Å². The van der Waals surface area contributed by atoms with Gasteiger partial charge in [-0.05, 0) is 67.9 Å². The number of Topliss-reactive ketones (excluding diaryl/α,β-unsaturated/α-hetero) is 1. The maximum atomic E-state index is 13.2. The summed E-state index contributed by atoms with van der Waals surface area (Å²) in [6.45, 7) is 3.86. The number of halogens is 1. The van der Waals surface area contributed by atoms with E-state index in [4.69, 9.17) is 9.47 Å². The van der Waals surface area contributed by atoms with Gasteiger partial charge in [0.15, 0.2) is 0 Å². The first-order valence-electron chi connectivity index (χ1n) is 10.8. The molecular weight excluding hydrogens is 498 g/mol. The summed E-state index contributed by atoms with van der Waals surface area (Å²) < 4.78 is 11.8. The van der Waals surface area contributed by atoms with Crippen molar-refractivity contribution in [2.45, 2.75) is 26.0 Å². The van der Waals surface area contributed by atoms with Crippen LogP contribution in [-0.4, -0.2) is 30.0 Å². The molecule has 1 saturated heterocycles. The molecule has 1 unspecified atom stereocenters. The van der Waals surface area contributed by atoms with Crippen molar-refractivity contribution in [2.75, 3.05) is 12.0 Å². The highest BCUT2D eigenvalue weighted by atomic mass is 79.9. The van der Waals surface area contributed by atoms with Crippen molar-refractivity contribution < 1.29 is 24.2 Å². The maximum Gasteiger partial charge on any atom is 0.300 e. The number of amides is 1. The van der Waals surface area contributed by atoms with E-state index in [-0.39, 0.29) is 17.4 Å². The average Bonchev–Trinajstić information content (AvgIpc) is 3.10. The van der Waals surface area contributed by atoms with Crippen LogP contribution >= 0.6 is 15.9 Å². The number of ether oxygens (including phenoxy) is 2. The van der Waals surface area contributed by atoms with Crippen LogP contribution < -0.4 is 14.4 Å². The summed E-state index contributed by atoms with van der Waals surface area (Å²) in [7, 11) is 1.56. The number of anilines is 1. The van der Waals surface area contributed by atoms with Gasteiger partial charge in [-0.15, -0.1) is 0 Å². The van der Waals surface area contributed by atoms with Gasteiger partial charge in [0.1, 0.15) is 17.3 Å². The molecule has 174 valence electrons. The normalized spacial score (nSPS) is 17.3. The number of benzene rings is 3. The van der Waals surface area contributed by atoms with Gasteiger partial charge in [-0.3, -0.25) is 14.5 Å². The SMILES string of the molecule is COc1ccc(C2/C(=C(\O)c3ccc(Br)cc3)C(=O)C(=O)N2c2ccc(OC(C)C)cc2)cc1. The molecule has 0 aliphatic carbocycles. The van der Waals surface area contributed by atoms with Crippen LogP contribution in [0.4, 0.5) is 5.69 Å². The summed E-state index contributed by atoms with van der Waals surface area (Å²) in [5.74, 6) is -0.385. The van der Waals surface area contributed by atoms with E-state index in [9.17, 15) is 14.7 Å². The molecule has 1 aliphatic heterocycles. The number of aliphatic hydroxyl groups excluding tert-OH is 1. The Bertz CT molecular complexity index is 1230. The van der Waals surface area contributed by atoms with E-state index < -0.39 is 17.7 Å². The lowest BCUT2D eigenvalue weighted by molar-refractivity contribution is -0.132. The zero-order valence-electron chi connectivity index (χ0n) is 19.0. The molecule has 1 atom stereocenters. The van der Waals surface area contributed by atoms with E-state index in [1.807, 2.05) is 13.8 Å². The number of rotatable bonds is 6. The highest BCUT2D eigenvalue weighted by Gasteiger charge is 2.47. The van der Waals surface area contributed by atoms with Crippen molar-refractivity contribution >= 4 is 39.1 Å². The molecule has 0 bridgehead atoms. The predicted octanol–water partition coefficient (Wildman–Crippen LogP) is 5.87. The Labute approximate surface area is 206 Å². The number of carbonyl (C=O) groups excluding carboxylic acids is 2. The first kappa shape index (κ1) is 23.6. The molecule has 34 heavy (non-hydrogen) atoms. The van der Waals surface area contributed by atoms with Crippen molar-refractivity contribution in [3.63, 3.8) is 0 Å². The van der Waals surface area contributed by atoms with Gasteiger partial charge in [0, 0.05) is 15.7 Å². The van der Waals surface area contributed by atoms with Gasteiger partial charge >= 0.3 is 0 Å². The topological polar surface area (TPSA) is 76.1 Å². The van der Waals surface area contributed by atoms with Crippen molar-refractivity contribution in [3.8, 4) is 11.5 Å². The van der Waals surface area contributed by atoms with Gasteiger partial charge in [-0.1, -0.05) is 40.2 Å². The molecule has 1 heterocycles. The molecule has 0 radical (unpaired) electrons. The van der Waals surface area contributed by atoms with Gasteiger partial charge < -0.3 is 14.6 Å². The van der Waals surface area contributed by atoms with Gasteiger partial charge in [-0.2, -0.15) is 0 Å². The largest absolute Gasteiger partial charge is 0.507 e. The standard InChI is InChI=1S/C27H24BrNO5/c1-16(2)34-22-14-10-20(11-15-22)29-24(17-6-12-21(33-3)13-7-17)23(26(31)27(29)32)25(30)18-4-8-19(28)9-5-18/h4-16,24,30H,1-3H3/b25-23+. The van der Waals surface area contributed by atoms with Crippen LogP contribution in [0.3, 0.4) is 0 Å². The van der Waals surface area contributed by atoms with Crippen molar-refractivity contribution in [1.82, 2.24) is 0 Å². The minimum Gasteiger partial charge on any atom is -0.507 e. The van der Waals surface area contributed by atoms with Gasteiger partial charge in [-0.25, -0.2) is 0 Å². The first-order valence-corrected chi connectivity index (χ1v) is 11.6. The predicted molar refractivity (Wildman–Crippen MR) is 134 cm³/mol. The zero-order valence-corrected chi connectivity index (χ0v) is 20.6. The van der Waals surface area contributed by atoms with Crippen LogP contribution in [0, 0.1) is 0 Å². The van der Waals surface area contributed by atoms with Crippen LogP contribution in [0.2, 0.25) is 0 Å². The van der Waals surface area contributed by atoms with Crippen LogP contribution in [-0.2, 0) is 9.59 Å². The second-order valence-electron chi connectivity index (χ2n) is 8.11. The third kappa shape index (κ3) is 4.56. The van der Waals surface area contributed by atoms with E-state index in [1.165, 1.54) is 4.90 Å². The van der Waals surface area contributed by atoms with E-state index in [0.29, 0.717) is 28.3 Å². The monoisotopic (exact) mass is 521 g/mol. The van der Waals surface area contributed by atoms with Crippen LogP contribution in [0.25, 0.3) is 5.76 Å². The number of carbonyl (C=O) groups is 2. The molecule has 1 aliphatic rings. The highest BCUT2D eigenvalue weighted by molar-refractivity contribution is 9.10. The number of methoxy groups -OCH3 is 1. The summed E-state index contributed by atoms with van der Waals surface area (Å²) in [5.41, 5.74) is 1.66. The Morgan fingerprint density at radius 1 is 0.912 bits per heavy atom. The summed E-state index contributed by atoms with van der Waals surface area (Å²) in [6.07, 6.45) is 0.00489. The van der Waals surface area contributed by atoms with Crippen molar-refractivity contribution in [1.29, 1.82) is 0 Å². The van der Waals surface area contributed by atoms with Gasteiger partial charge in [0.05, 0.1) is 24.8 Å². The summed E-state index contributed by atoms with van der Waals surface area (Å²) >= 11 is 3.37. The molecule has 0 saturated carbocycles. The Morgan fingerprint density at radius 2 is 1.50 bits per heavy atom. The lowest BCUT2D eigenvalue weighted by Crippen LogP contribution is -2.29. The Kier molecular flexibility index (Phi) is 6.75. The fraction of sp³-hybridized carbons (Fsp3) is 0.185. The Morgan fingerprint density at radius 3 is 2.06 bits per heavy atom. The second kappa shape index (κ2) is 9.73. The third-order valence-electron chi connectivity index (χ3n) is 5.48. The quantitative estimate of drug-likeness (QED) is 0.249. The molecule has 3 aromatic rings. The minimum absolute atomic E-state index is 0.00489. The molecule has 0 spiro atoms. The van der Waals surface area contributed by atoms with Gasteiger partial charge in [0.25, 0.3) is 11.7 Å². The lowest BCUT2D eigenvalue weighted by Gasteiger charge is -2.26. The fourth-order valence-electron chi connectivity index (χ4n) is 3.92. The number of ketones is 1. The average molecular weight is 522 g/mol. The molecule has 0 aromatic heterocycles. The molecular formula is C27H24BrNO5. The van der Waals surface area contributed by atoms with E-state index in [0.717, 1.165) is 4.47 Å². The molecule has 6 nitrogen and oxygen atoms in total. The number of hydrogen-bond acceptors (Lipinski definition) is 5. The number of aliphatic hydroxyl groups is 1. The summed E-state index contributed by atoms with van der Waals surface area (Å²) in [6, 6.07) is 20.2. The minimum atomic E-state index is -0.813. The Hall–Kier alpha value is -3.58. The number of hydrogen-bond donors (Lipinski definition) is 1. The molecule has 4 rings (SSSR count). The molecule has 1 N–H and O–H groups in total. The van der Waals surface area contributed by atoms with E-state index >= 15 is 0 Å². The molecule has 3 aromatic carbocycles. The van der Waals surface area contributed by atoms with E-state index in [1.54, 1.807) is 79.9 Å². The van der Waals surface area contributed by atoms with Crippen LogP contribution in [0.15, 0.2) is 82.8 Å².